The van der Waals surface area contributed by atoms with E-state index in [4.69, 9.17) is 0 Å². The standard InChI is InChI=1S/C11H21N2.C4H11O4P/c1-3-5-6-7-8-13-10-9-12(4-2)11-13;1-3-7-9(5,6)8-4-2/h9-11H,3-8H2,1-2H3;3-4H2,1-2H3,(H,5,6)/q+1;/p-1. The minimum atomic E-state index is -3.94. The normalized spacial score (nSPS) is 11.1. The molecule has 1 aromatic rings. The van der Waals surface area contributed by atoms with Crippen molar-refractivity contribution in [2.24, 2.45) is 0 Å². The third-order valence-electron chi connectivity index (χ3n) is 2.96. The number of imidazole rings is 1. The summed E-state index contributed by atoms with van der Waals surface area (Å²) in [7, 11) is -3.94. The molecule has 0 aliphatic rings. The van der Waals surface area contributed by atoms with Crippen LogP contribution >= 0.6 is 7.82 Å². The maximum absolute atomic E-state index is 10.4. The molecule has 0 radical (unpaired) electrons. The monoisotopic (exact) mass is 334 g/mol. The Labute approximate surface area is 134 Å². The van der Waals surface area contributed by atoms with Crippen molar-refractivity contribution >= 4 is 7.82 Å². The van der Waals surface area contributed by atoms with Crippen molar-refractivity contribution in [3.63, 3.8) is 0 Å². The maximum Gasteiger partial charge on any atom is 0.267 e. The molecule has 6 nitrogen and oxygen atoms in total. The van der Waals surface area contributed by atoms with E-state index in [9.17, 15) is 9.46 Å². The van der Waals surface area contributed by atoms with Crippen LogP contribution in [0.15, 0.2) is 18.7 Å². The first kappa shape index (κ1) is 21.3. The van der Waals surface area contributed by atoms with Gasteiger partial charge in [0.2, 0.25) is 6.33 Å². The summed E-state index contributed by atoms with van der Waals surface area (Å²) in [6.45, 7) is 10.1. The Hall–Kier alpha value is -0.680. The highest BCUT2D eigenvalue weighted by Gasteiger charge is 2.04. The van der Waals surface area contributed by atoms with Crippen LogP contribution in [0.1, 0.15) is 53.4 Å². The third-order valence-corrected chi connectivity index (χ3v) is 4.10. The highest BCUT2D eigenvalue weighted by Crippen LogP contribution is 2.37. The Balaban J connectivity index is 0.000000433. The van der Waals surface area contributed by atoms with Crippen LogP contribution in [0, 0.1) is 0 Å². The predicted molar refractivity (Wildman–Crippen MR) is 85.3 cm³/mol. The van der Waals surface area contributed by atoms with Gasteiger partial charge in [0, 0.05) is 0 Å². The van der Waals surface area contributed by atoms with E-state index < -0.39 is 7.82 Å². The van der Waals surface area contributed by atoms with E-state index in [2.05, 4.69) is 50.8 Å². The number of phosphoric acid groups is 1. The van der Waals surface area contributed by atoms with Gasteiger partial charge in [0.25, 0.3) is 7.82 Å². The molecule has 0 atom stereocenters. The Bertz CT molecular complexity index is 413. The molecule has 0 saturated heterocycles. The van der Waals surface area contributed by atoms with Crippen molar-refractivity contribution in [3.8, 4) is 0 Å². The van der Waals surface area contributed by atoms with E-state index in [1.165, 1.54) is 32.2 Å². The smallest absolute Gasteiger partial charge is 0.267 e. The number of aromatic nitrogens is 2. The first-order valence-electron chi connectivity index (χ1n) is 8.13. The Morgan fingerprint density at radius 3 is 2.18 bits per heavy atom. The van der Waals surface area contributed by atoms with Crippen molar-refractivity contribution in [2.45, 2.75) is 66.5 Å². The van der Waals surface area contributed by atoms with Crippen molar-refractivity contribution in [3.05, 3.63) is 18.7 Å². The van der Waals surface area contributed by atoms with Gasteiger partial charge in [-0.1, -0.05) is 19.8 Å². The Kier molecular flexibility index (Phi) is 12.4. The topological polar surface area (TPSA) is 67.4 Å². The largest absolute Gasteiger partial charge is 0.756 e. The maximum atomic E-state index is 10.4. The minimum Gasteiger partial charge on any atom is -0.756 e. The second-order valence-corrected chi connectivity index (χ2v) is 6.24. The molecule has 0 aliphatic carbocycles. The molecule has 0 unspecified atom stereocenters. The lowest BCUT2D eigenvalue weighted by Gasteiger charge is -2.20. The molecule has 0 bridgehead atoms. The molecule has 0 aromatic carbocycles. The zero-order valence-corrected chi connectivity index (χ0v) is 15.3. The van der Waals surface area contributed by atoms with Gasteiger partial charge in [-0.2, -0.15) is 0 Å². The Morgan fingerprint density at radius 1 is 1.09 bits per heavy atom. The Morgan fingerprint density at radius 2 is 1.73 bits per heavy atom. The fraction of sp³-hybridized carbons (Fsp3) is 0.800. The van der Waals surface area contributed by atoms with Crippen LogP contribution < -0.4 is 9.46 Å². The summed E-state index contributed by atoms with van der Waals surface area (Å²) >= 11 is 0. The van der Waals surface area contributed by atoms with Gasteiger partial charge in [-0.3, -0.25) is 4.57 Å². The number of unbranched alkanes of at least 4 members (excludes halogenated alkanes) is 3. The van der Waals surface area contributed by atoms with Crippen LogP contribution in [-0.2, 0) is 26.7 Å². The van der Waals surface area contributed by atoms with E-state index in [1.807, 2.05) is 0 Å². The third kappa shape index (κ3) is 11.0. The molecule has 1 aromatic heterocycles. The summed E-state index contributed by atoms with van der Waals surface area (Å²) in [5.41, 5.74) is 0. The van der Waals surface area contributed by atoms with Crippen LogP contribution in [0.5, 0.6) is 0 Å². The molecule has 0 spiro atoms. The SMILES string of the molecule is CCCCCC[n+]1ccn(CC)c1.CCOP(=O)([O-])OCC. The quantitative estimate of drug-likeness (QED) is 0.375. The molecule has 0 fully saturated rings. The number of aryl methyl sites for hydroxylation is 2. The molecule has 0 N–H and O–H groups in total. The summed E-state index contributed by atoms with van der Waals surface area (Å²) in [4.78, 5) is 10.4. The first-order chi connectivity index (χ1) is 10.5. The molecule has 1 rings (SSSR count). The lowest BCUT2D eigenvalue weighted by atomic mass is 10.2. The van der Waals surface area contributed by atoms with Crippen LogP contribution in [0.4, 0.5) is 0 Å². The van der Waals surface area contributed by atoms with Crippen molar-refractivity contribution in [1.29, 1.82) is 0 Å². The highest BCUT2D eigenvalue weighted by molar-refractivity contribution is 7.45. The fourth-order valence-corrected chi connectivity index (χ4v) is 2.54. The van der Waals surface area contributed by atoms with E-state index in [0.717, 1.165) is 6.54 Å². The molecular weight excluding hydrogens is 303 g/mol. The molecule has 0 saturated carbocycles. The molecular formula is C15H31N2O4P. The van der Waals surface area contributed by atoms with Gasteiger partial charge < -0.3 is 13.9 Å². The van der Waals surface area contributed by atoms with Gasteiger partial charge in [-0.15, -0.1) is 0 Å². The predicted octanol–water partition coefficient (Wildman–Crippen LogP) is 2.90. The van der Waals surface area contributed by atoms with Gasteiger partial charge in [-0.25, -0.2) is 9.13 Å². The minimum absolute atomic E-state index is 0.126. The summed E-state index contributed by atoms with van der Waals surface area (Å²) in [6, 6.07) is 0. The van der Waals surface area contributed by atoms with Gasteiger partial charge in [0.05, 0.1) is 26.3 Å². The number of hydrogen-bond acceptors (Lipinski definition) is 4. The van der Waals surface area contributed by atoms with Gasteiger partial charge in [0.1, 0.15) is 12.4 Å². The number of hydrogen-bond donors (Lipinski definition) is 0. The number of rotatable bonds is 10. The van der Waals surface area contributed by atoms with Crippen LogP contribution in [-0.4, -0.2) is 17.8 Å². The van der Waals surface area contributed by atoms with Crippen molar-refractivity contribution in [2.75, 3.05) is 13.2 Å². The molecule has 7 heteroatoms. The molecule has 0 amide bonds. The molecule has 22 heavy (non-hydrogen) atoms. The lowest BCUT2D eigenvalue weighted by molar-refractivity contribution is -0.696. The lowest BCUT2D eigenvalue weighted by Crippen LogP contribution is -2.30. The van der Waals surface area contributed by atoms with Gasteiger partial charge in [0.15, 0.2) is 0 Å². The van der Waals surface area contributed by atoms with Crippen molar-refractivity contribution in [1.82, 2.24) is 4.57 Å². The highest BCUT2D eigenvalue weighted by atomic mass is 31.2. The average molecular weight is 334 g/mol. The molecule has 0 aliphatic heterocycles. The van der Waals surface area contributed by atoms with Crippen LogP contribution in [0.25, 0.3) is 0 Å². The average Bonchev–Trinajstić information content (AvgIpc) is 2.92. The molecule has 1 heterocycles. The van der Waals surface area contributed by atoms with Crippen molar-refractivity contribution < 1.29 is 23.1 Å². The summed E-state index contributed by atoms with van der Waals surface area (Å²) < 4.78 is 23.4. The zero-order valence-electron chi connectivity index (χ0n) is 14.4. The van der Waals surface area contributed by atoms with Gasteiger partial charge >= 0.3 is 0 Å². The number of nitrogens with zero attached hydrogens (tertiary/aromatic N) is 2. The molecule has 130 valence electrons. The van der Waals surface area contributed by atoms with Crippen LogP contribution in [0.3, 0.4) is 0 Å². The van der Waals surface area contributed by atoms with E-state index >= 15 is 0 Å². The summed E-state index contributed by atoms with van der Waals surface area (Å²) in [6.07, 6.45) is 11.9. The zero-order chi connectivity index (χ0) is 16.8. The number of phosphoric ester groups is 1. The fourth-order valence-electron chi connectivity index (χ4n) is 1.83. The van der Waals surface area contributed by atoms with E-state index in [-0.39, 0.29) is 13.2 Å². The van der Waals surface area contributed by atoms with Crippen LogP contribution in [0.2, 0.25) is 0 Å². The summed E-state index contributed by atoms with van der Waals surface area (Å²) in [5, 5.41) is 0. The van der Waals surface area contributed by atoms with Gasteiger partial charge in [-0.05, 0) is 33.6 Å². The first-order valence-corrected chi connectivity index (χ1v) is 9.60. The second kappa shape index (κ2) is 12.8. The van der Waals surface area contributed by atoms with E-state index in [1.54, 1.807) is 13.8 Å². The van der Waals surface area contributed by atoms with E-state index in [0.29, 0.717) is 0 Å². The second-order valence-electron chi connectivity index (χ2n) is 4.83. The summed E-state index contributed by atoms with van der Waals surface area (Å²) in [5.74, 6) is 0.